The molecule has 2 aliphatic rings. The Bertz CT molecular complexity index is 870. The van der Waals surface area contributed by atoms with Crippen LogP contribution in [-0.4, -0.2) is 18.2 Å². The minimum absolute atomic E-state index is 0.625. The average molecular weight is 543 g/mol. The van der Waals surface area contributed by atoms with Gasteiger partial charge in [0.25, 0.3) is 0 Å². The first-order valence-corrected chi connectivity index (χ1v) is 14.0. The summed E-state index contributed by atoms with van der Waals surface area (Å²) in [5.74, 6) is 2.59. The van der Waals surface area contributed by atoms with E-state index in [2.05, 4.69) is 83.7 Å². The summed E-state index contributed by atoms with van der Waals surface area (Å²) in [5, 5.41) is 3.43. The van der Waals surface area contributed by atoms with Crippen molar-refractivity contribution in [3.05, 3.63) is 75.7 Å². The normalized spacial score (nSPS) is 18.1. The maximum absolute atomic E-state index is 4.26. The highest BCUT2D eigenvalue weighted by atomic mass is 79.9. The molecule has 0 bridgehead atoms. The van der Waals surface area contributed by atoms with Crippen molar-refractivity contribution in [2.75, 3.05) is 7.05 Å². The number of nitrogens with zero attached hydrogens (tertiary/aromatic N) is 2. The van der Waals surface area contributed by atoms with Gasteiger partial charge in [-0.05, 0) is 97.8 Å². The van der Waals surface area contributed by atoms with E-state index in [1.165, 1.54) is 60.9 Å². The Kier molecular flexibility index (Phi) is 15.5. The molecule has 3 nitrogen and oxygen atoms in total. The molecule has 4 heteroatoms. The molecule has 0 aromatic carbocycles. The third-order valence-corrected chi connectivity index (χ3v) is 7.21. The molecule has 2 atom stereocenters. The van der Waals surface area contributed by atoms with Gasteiger partial charge in [0.15, 0.2) is 0 Å². The van der Waals surface area contributed by atoms with Gasteiger partial charge >= 0.3 is 0 Å². The molecule has 1 heterocycles. The number of allylic oxidation sites excluding steroid dienone is 7. The fourth-order valence-corrected chi connectivity index (χ4v) is 4.40. The SMILES string of the molecule is C=C(/C=C(\C)NCc1cccnc1)C(CCC)CCC.CC1C=C2C[C@H]2C1.CN=CC(Br)=C(C)C. The van der Waals surface area contributed by atoms with Crippen LogP contribution in [0.5, 0.6) is 0 Å². The van der Waals surface area contributed by atoms with Crippen LogP contribution >= 0.6 is 15.9 Å². The Balaban J connectivity index is 0.000000329. The van der Waals surface area contributed by atoms with Crippen LogP contribution < -0.4 is 5.32 Å². The molecule has 1 aromatic heterocycles. The first-order valence-electron chi connectivity index (χ1n) is 13.2. The van der Waals surface area contributed by atoms with E-state index in [4.69, 9.17) is 0 Å². The van der Waals surface area contributed by atoms with Crippen LogP contribution in [0.25, 0.3) is 0 Å². The van der Waals surface area contributed by atoms with Crippen molar-refractivity contribution >= 4 is 22.1 Å². The predicted octanol–water partition coefficient (Wildman–Crippen LogP) is 9.20. The summed E-state index contributed by atoms with van der Waals surface area (Å²) in [6.45, 7) is 18.0. The second-order valence-corrected chi connectivity index (χ2v) is 10.8. The molecule has 1 saturated carbocycles. The Morgan fingerprint density at radius 2 is 1.94 bits per heavy atom. The van der Waals surface area contributed by atoms with Gasteiger partial charge in [0.05, 0.1) is 0 Å². The van der Waals surface area contributed by atoms with Crippen molar-refractivity contribution in [2.45, 2.75) is 86.6 Å². The first kappa shape index (κ1) is 31.1. The molecule has 1 aromatic rings. The Morgan fingerprint density at radius 1 is 1.26 bits per heavy atom. The quantitative estimate of drug-likeness (QED) is 0.182. The highest BCUT2D eigenvalue weighted by Gasteiger charge is 2.35. The van der Waals surface area contributed by atoms with Gasteiger partial charge in [0.2, 0.25) is 0 Å². The van der Waals surface area contributed by atoms with Crippen molar-refractivity contribution in [1.29, 1.82) is 0 Å². The summed E-state index contributed by atoms with van der Waals surface area (Å²) in [5.41, 5.74) is 6.62. The largest absolute Gasteiger partial charge is 0.384 e. The number of fused-ring (bicyclic) bond motifs is 1. The van der Waals surface area contributed by atoms with E-state index >= 15 is 0 Å². The van der Waals surface area contributed by atoms with Crippen molar-refractivity contribution in [3.63, 3.8) is 0 Å². The molecular formula is C31H48BrN3. The lowest BCUT2D eigenvalue weighted by atomic mass is 9.90. The number of aliphatic imine (C=N–C) groups is 1. The molecular weight excluding hydrogens is 494 g/mol. The molecule has 1 unspecified atom stereocenters. The number of halogens is 1. The number of hydrogen-bond donors (Lipinski definition) is 1. The van der Waals surface area contributed by atoms with Crippen LogP contribution in [0, 0.1) is 17.8 Å². The van der Waals surface area contributed by atoms with Gasteiger partial charge in [-0.15, -0.1) is 0 Å². The Labute approximate surface area is 224 Å². The van der Waals surface area contributed by atoms with Crippen LogP contribution in [0.15, 0.2) is 75.1 Å². The average Bonchev–Trinajstić information content (AvgIpc) is 3.45. The fraction of sp³-hybridized carbons (Fsp3) is 0.548. The maximum Gasteiger partial charge on any atom is 0.0412 e. The monoisotopic (exact) mass is 541 g/mol. The summed E-state index contributed by atoms with van der Waals surface area (Å²) >= 11 is 3.33. The van der Waals surface area contributed by atoms with E-state index in [0.29, 0.717) is 5.92 Å². The zero-order valence-corrected chi connectivity index (χ0v) is 24.8. The molecule has 2 aliphatic carbocycles. The molecule has 1 fully saturated rings. The van der Waals surface area contributed by atoms with E-state index in [1.54, 1.807) is 25.0 Å². The lowest BCUT2D eigenvalue weighted by Gasteiger charge is -2.17. The lowest BCUT2D eigenvalue weighted by Crippen LogP contribution is -2.12. The first-order chi connectivity index (χ1) is 16.7. The molecule has 0 saturated heterocycles. The van der Waals surface area contributed by atoms with Gasteiger partial charge < -0.3 is 5.32 Å². The molecule has 194 valence electrons. The van der Waals surface area contributed by atoms with Crippen LogP contribution in [0.4, 0.5) is 0 Å². The van der Waals surface area contributed by atoms with Gasteiger partial charge in [-0.2, -0.15) is 0 Å². The molecule has 1 N–H and O–H groups in total. The summed E-state index contributed by atoms with van der Waals surface area (Å²) in [6.07, 6.45) is 17.9. The van der Waals surface area contributed by atoms with Gasteiger partial charge in [-0.3, -0.25) is 9.98 Å². The minimum Gasteiger partial charge on any atom is -0.384 e. The third-order valence-electron chi connectivity index (χ3n) is 6.22. The standard InChI is InChI=1S/C18H28N2.C7H10.C6H10BrN/c1-5-8-18(9-6-2)15(3)12-16(4)20-14-17-10-7-11-19-13-17;1-5-2-6-4-7(6)3-5;1-5(2)6(7)4-8-3/h7,10-13,18,20H,3,5-6,8-9,14H2,1-2,4H3;2,5,7H,3-4H2,1H3;4H,1-3H3/b16-12+;;/t;5?,7-;/m.1./s1. The Hall–Kier alpha value is -1.94. The van der Waals surface area contributed by atoms with Crippen molar-refractivity contribution in [2.24, 2.45) is 22.7 Å². The molecule has 0 spiro atoms. The molecule has 3 rings (SSSR count). The number of nitrogens with one attached hydrogen (secondary N) is 1. The third kappa shape index (κ3) is 13.7. The maximum atomic E-state index is 4.26. The highest BCUT2D eigenvalue weighted by molar-refractivity contribution is 9.12. The summed E-state index contributed by atoms with van der Waals surface area (Å²) in [4.78, 5) is 7.95. The van der Waals surface area contributed by atoms with Gasteiger partial charge in [0, 0.05) is 42.4 Å². The van der Waals surface area contributed by atoms with E-state index in [9.17, 15) is 0 Å². The molecule has 0 aliphatic heterocycles. The molecule has 0 amide bonds. The lowest BCUT2D eigenvalue weighted by molar-refractivity contribution is 0.513. The second kappa shape index (κ2) is 17.5. The number of rotatable bonds is 10. The summed E-state index contributed by atoms with van der Waals surface area (Å²) in [7, 11) is 1.75. The van der Waals surface area contributed by atoms with E-state index in [1.807, 2.05) is 26.1 Å². The van der Waals surface area contributed by atoms with Crippen LogP contribution in [-0.2, 0) is 6.54 Å². The van der Waals surface area contributed by atoms with Crippen LogP contribution in [0.2, 0.25) is 0 Å². The van der Waals surface area contributed by atoms with Crippen molar-refractivity contribution < 1.29 is 0 Å². The van der Waals surface area contributed by atoms with Crippen molar-refractivity contribution in [3.8, 4) is 0 Å². The number of hydrogen-bond acceptors (Lipinski definition) is 3. The second-order valence-electron chi connectivity index (χ2n) is 9.98. The topological polar surface area (TPSA) is 37.3 Å². The molecule has 35 heavy (non-hydrogen) atoms. The van der Waals surface area contributed by atoms with Crippen LogP contribution in [0.1, 0.15) is 85.6 Å². The van der Waals surface area contributed by atoms with E-state index in [0.717, 1.165) is 22.9 Å². The highest BCUT2D eigenvalue weighted by Crippen LogP contribution is 2.48. The van der Waals surface area contributed by atoms with E-state index < -0.39 is 0 Å². The van der Waals surface area contributed by atoms with E-state index in [-0.39, 0.29) is 0 Å². The molecule has 0 radical (unpaired) electrons. The zero-order chi connectivity index (χ0) is 26.2. The van der Waals surface area contributed by atoms with Gasteiger partial charge in [-0.1, -0.05) is 69.1 Å². The zero-order valence-electron chi connectivity index (χ0n) is 23.2. The van der Waals surface area contributed by atoms with Gasteiger partial charge in [-0.25, -0.2) is 0 Å². The number of pyridine rings is 1. The summed E-state index contributed by atoms with van der Waals surface area (Å²) in [6, 6.07) is 4.05. The van der Waals surface area contributed by atoms with Gasteiger partial charge in [0.1, 0.15) is 0 Å². The number of aromatic nitrogens is 1. The summed E-state index contributed by atoms with van der Waals surface area (Å²) < 4.78 is 1.07. The Morgan fingerprint density at radius 3 is 2.34 bits per heavy atom. The minimum atomic E-state index is 0.625. The fourth-order valence-electron chi connectivity index (χ4n) is 4.19. The predicted molar refractivity (Wildman–Crippen MR) is 159 cm³/mol. The van der Waals surface area contributed by atoms with Crippen LogP contribution in [0.3, 0.4) is 0 Å². The smallest absolute Gasteiger partial charge is 0.0412 e. The van der Waals surface area contributed by atoms with Crippen molar-refractivity contribution in [1.82, 2.24) is 10.3 Å².